The van der Waals surface area contributed by atoms with E-state index in [2.05, 4.69) is 15.3 Å². The molecule has 0 radical (unpaired) electrons. The number of carbonyl (C=O) groups is 1. The fourth-order valence-electron chi connectivity index (χ4n) is 1.77. The minimum absolute atomic E-state index is 0.163. The van der Waals surface area contributed by atoms with Gasteiger partial charge in [-0.1, -0.05) is 29.8 Å². The highest BCUT2D eigenvalue weighted by Gasteiger charge is 2.08. The van der Waals surface area contributed by atoms with Gasteiger partial charge in [-0.25, -0.2) is 9.97 Å². The molecule has 1 N–H and O–H groups in total. The largest absolute Gasteiger partial charge is 0.319 e. The van der Waals surface area contributed by atoms with E-state index in [4.69, 9.17) is 11.6 Å². The van der Waals surface area contributed by atoms with E-state index >= 15 is 0 Å². The molecule has 0 saturated carbocycles. The normalized spacial score (nSPS) is 10.3. The lowest BCUT2D eigenvalue weighted by Gasteiger charge is -2.04. The second-order valence-corrected chi connectivity index (χ2v) is 5.62. The number of anilines is 1. The van der Waals surface area contributed by atoms with Gasteiger partial charge in [0.25, 0.3) is 5.91 Å². The molecule has 0 aliphatic carbocycles. The molecule has 4 nitrogen and oxygen atoms in total. The fourth-order valence-corrected chi connectivity index (χ4v) is 2.58. The molecule has 0 aliphatic heterocycles. The summed E-state index contributed by atoms with van der Waals surface area (Å²) in [5.41, 5.74) is 1.39. The number of amides is 1. The molecule has 3 aromatic rings. The minimum atomic E-state index is -0.163. The van der Waals surface area contributed by atoms with Crippen LogP contribution in [0.4, 0.5) is 5.69 Å². The van der Waals surface area contributed by atoms with E-state index in [-0.39, 0.29) is 5.91 Å². The van der Waals surface area contributed by atoms with E-state index in [1.807, 2.05) is 23.6 Å². The standard InChI is InChI=1S/C15H10ClN3OS/c16-11-4-1-3-10(7-11)14-17-8-12(9-18-14)19-15(20)13-5-2-6-21-13/h1-9H,(H,19,20). The minimum Gasteiger partial charge on any atom is -0.319 e. The third-order valence-corrected chi connectivity index (χ3v) is 3.84. The highest BCUT2D eigenvalue weighted by atomic mass is 35.5. The maximum Gasteiger partial charge on any atom is 0.265 e. The summed E-state index contributed by atoms with van der Waals surface area (Å²) in [7, 11) is 0. The predicted molar refractivity (Wildman–Crippen MR) is 84.8 cm³/mol. The van der Waals surface area contributed by atoms with Crippen molar-refractivity contribution in [2.75, 3.05) is 5.32 Å². The molecule has 0 spiro atoms. The van der Waals surface area contributed by atoms with Gasteiger partial charge in [-0.3, -0.25) is 4.79 Å². The summed E-state index contributed by atoms with van der Waals surface area (Å²) in [6.07, 6.45) is 3.16. The van der Waals surface area contributed by atoms with Crippen molar-refractivity contribution in [3.05, 3.63) is 64.1 Å². The van der Waals surface area contributed by atoms with Crippen molar-refractivity contribution in [1.29, 1.82) is 0 Å². The van der Waals surface area contributed by atoms with Gasteiger partial charge in [0, 0.05) is 10.6 Å². The van der Waals surface area contributed by atoms with Gasteiger partial charge in [0.05, 0.1) is 23.0 Å². The van der Waals surface area contributed by atoms with Gasteiger partial charge >= 0.3 is 0 Å². The average molecular weight is 316 g/mol. The Morgan fingerprint density at radius 2 is 1.95 bits per heavy atom. The smallest absolute Gasteiger partial charge is 0.265 e. The van der Waals surface area contributed by atoms with Crippen LogP contribution in [0.2, 0.25) is 5.02 Å². The maximum absolute atomic E-state index is 11.9. The van der Waals surface area contributed by atoms with Gasteiger partial charge in [-0.2, -0.15) is 0 Å². The molecule has 0 unspecified atom stereocenters. The molecule has 0 saturated heterocycles. The van der Waals surface area contributed by atoms with Crippen LogP contribution in [0, 0.1) is 0 Å². The van der Waals surface area contributed by atoms with Gasteiger partial charge in [0.2, 0.25) is 0 Å². The van der Waals surface area contributed by atoms with Crippen molar-refractivity contribution < 1.29 is 4.79 Å². The molecule has 0 bridgehead atoms. The molecule has 21 heavy (non-hydrogen) atoms. The molecule has 2 heterocycles. The Balaban J connectivity index is 1.77. The summed E-state index contributed by atoms with van der Waals surface area (Å²) in [6.45, 7) is 0. The Morgan fingerprint density at radius 3 is 2.62 bits per heavy atom. The number of nitrogens with one attached hydrogen (secondary N) is 1. The van der Waals surface area contributed by atoms with E-state index in [0.29, 0.717) is 21.4 Å². The van der Waals surface area contributed by atoms with Gasteiger partial charge < -0.3 is 5.32 Å². The van der Waals surface area contributed by atoms with E-state index < -0.39 is 0 Å². The van der Waals surface area contributed by atoms with Crippen LogP contribution in [0.5, 0.6) is 0 Å². The van der Waals surface area contributed by atoms with E-state index in [9.17, 15) is 4.79 Å². The van der Waals surface area contributed by atoms with E-state index in [1.165, 1.54) is 11.3 Å². The number of carbonyl (C=O) groups excluding carboxylic acids is 1. The second-order valence-electron chi connectivity index (χ2n) is 4.24. The summed E-state index contributed by atoms with van der Waals surface area (Å²) in [6, 6.07) is 10.9. The Morgan fingerprint density at radius 1 is 1.14 bits per heavy atom. The molecule has 0 atom stereocenters. The van der Waals surface area contributed by atoms with Crippen LogP contribution in [0.15, 0.2) is 54.2 Å². The lowest BCUT2D eigenvalue weighted by Crippen LogP contribution is -2.10. The number of rotatable bonds is 3. The summed E-state index contributed by atoms with van der Waals surface area (Å²) in [4.78, 5) is 21.0. The van der Waals surface area contributed by atoms with Crippen molar-refractivity contribution >= 4 is 34.5 Å². The fraction of sp³-hybridized carbons (Fsp3) is 0. The molecule has 3 rings (SSSR count). The number of thiophene rings is 1. The first-order valence-electron chi connectivity index (χ1n) is 6.15. The first kappa shape index (κ1) is 13.7. The Hall–Kier alpha value is -2.24. The highest BCUT2D eigenvalue weighted by Crippen LogP contribution is 2.20. The van der Waals surface area contributed by atoms with Crippen LogP contribution < -0.4 is 5.32 Å². The summed E-state index contributed by atoms with van der Waals surface area (Å²) >= 11 is 7.32. The molecule has 0 aliphatic rings. The van der Waals surface area contributed by atoms with Crippen LogP contribution in [0.25, 0.3) is 11.4 Å². The van der Waals surface area contributed by atoms with Crippen LogP contribution in [-0.4, -0.2) is 15.9 Å². The number of benzene rings is 1. The topological polar surface area (TPSA) is 54.9 Å². The number of halogens is 1. The van der Waals surface area contributed by atoms with Crippen molar-refractivity contribution in [2.24, 2.45) is 0 Å². The second kappa shape index (κ2) is 6.03. The number of hydrogen-bond donors (Lipinski definition) is 1. The lowest BCUT2D eigenvalue weighted by atomic mass is 10.2. The zero-order valence-electron chi connectivity index (χ0n) is 10.8. The Bertz CT molecular complexity index is 757. The van der Waals surface area contributed by atoms with Crippen LogP contribution in [0.1, 0.15) is 9.67 Å². The molecular formula is C15H10ClN3OS. The van der Waals surface area contributed by atoms with E-state index in [0.717, 1.165) is 5.56 Å². The zero-order chi connectivity index (χ0) is 14.7. The number of hydrogen-bond acceptors (Lipinski definition) is 4. The van der Waals surface area contributed by atoms with Crippen LogP contribution in [-0.2, 0) is 0 Å². The Kier molecular flexibility index (Phi) is 3.94. The first-order valence-corrected chi connectivity index (χ1v) is 7.41. The zero-order valence-corrected chi connectivity index (χ0v) is 12.4. The average Bonchev–Trinajstić information content (AvgIpc) is 3.02. The highest BCUT2D eigenvalue weighted by molar-refractivity contribution is 7.12. The molecule has 1 amide bonds. The predicted octanol–water partition coefficient (Wildman–Crippen LogP) is 4.11. The summed E-state index contributed by atoms with van der Waals surface area (Å²) in [5, 5.41) is 5.24. The quantitative estimate of drug-likeness (QED) is 0.791. The molecule has 104 valence electrons. The molecule has 0 fully saturated rings. The van der Waals surface area contributed by atoms with Crippen molar-refractivity contribution in [1.82, 2.24) is 9.97 Å². The van der Waals surface area contributed by atoms with Crippen molar-refractivity contribution in [3.8, 4) is 11.4 Å². The molecule has 6 heteroatoms. The van der Waals surface area contributed by atoms with Gasteiger partial charge in [0.1, 0.15) is 0 Å². The monoisotopic (exact) mass is 315 g/mol. The maximum atomic E-state index is 11.9. The van der Waals surface area contributed by atoms with Crippen LogP contribution >= 0.6 is 22.9 Å². The number of aromatic nitrogens is 2. The van der Waals surface area contributed by atoms with Gasteiger partial charge in [-0.15, -0.1) is 11.3 Å². The Labute approximate surface area is 130 Å². The molecular weight excluding hydrogens is 306 g/mol. The van der Waals surface area contributed by atoms with Crippen LogP contribution in [0.3, 0.4) is 0 Å². The summed E-state index contributed by atoms with van der Waals surface area (Å²) < 4.78 is 0. The SMILES string of the molecule is O=C(Nc1cnc(-c2cccc(Cl)c2)nc1)c1cccs1. The third kappa shape index (κ3) is 3.26. The number of nitrogens with zero attached hydrogens (tertiary/aromatic N) is 2. The van der Waals surface area contributed by atoms with Crippen molar-refractivity contribution in [2.45, 2.75) is 0 Å². The van der Waals surface area contributed by atoms with Gasteiger partial charge in [0.15, 0.2) is 5.82 Å². The lowest BCUT2D eigenvalue weighted by molar-refractivity contribution is 0.103. The molecule has 1 aromatic carbocycles. The first-order chi connectivity index (χ1) is 10.2. The van der Waals surface area contributed by atoms with Gasteiger partial charge in [-0.05, 0) is 23.6 Å². The van der Waals surface area contributed by atoms with Crippen molar-refractivity contribution in [3.63, 3.8) is 0 Å². The van der Waals surface area contributed by atoms with E-state index in [1.54, 1.807) is 30.6 Å². The third-order valence-electron chi connectivity index (χ3n) is 2.74. The molecule has 2 aromatic heterocycles. The summed E-state index contributed by atoms with van der Waals surface area (Å²) in [5.74, 6) is 0.399.